The molecule has 0 aliphatic heterocycles. The Bertz CT molecular complexity index is 357. The Labute approximate surface area is 95.1 Å². The fourth-order valence-electron chi connectivity index (χ4n) is 1.08. The molecule has 0 heterocycles. The van der Waals surface area contributed by atoms with Crippen LogP contribution in [0.15, 0.2) is 23.1 Å². The van der Waals surface area contributed by atoms with Gasteiger partial charge in [0.25, 0.3) is 0 Å². The first-order valence-electron chi connectivity index (χ1n) is 4.45. The van der Waals surface area contributed by atoms with Crippen molar-refractivity contribution in [2.24, 2.45) is 5.84 Å². The third-order valence-electron chi connectivity index (χ3n) is 1.64. The van der Waals surface area contributed by atoms with Gasteiger partial charge in [0, 0.05) is 11.0 Å². The molecule has 0 aliphatic carbocycles. The summed E-state index contributed by atoms with van der Waals surface area (Å²) in [4.78, 5) is 0.429. The first-order chi connectivity index (χ1) is 7.46. The smallest absolute Gasteiger partial charge is 0.405 e. The molecule has 1 aromatic carbocycles. The van der Waals surface area contributed by atoms with Crippen LogP contribution < -0.4 is 16.0 Å². The summed E-state index contributed by atoms with van der Waals surface area (Å²) in [6, 6.07) is 4.33. The number of hydrogen-bond acceptors (Lipinski definition) is 4. The van der Waals surface area contributed by atoms with E-state index in [9.17, 15) is 13.2 Å². The molecular formula is C9H11F3N2OS. The van der Waals surface area contributed by atoms with Gasteiger partial charge in [-0.2, -0.15) is 0 Å². The van der Waals surface area contributed by atoms with Crippen LogP contribution in [0.3, 0.4) is 0 Å². The minimum absolute atomic E-state index is 0.241. The van der Waals surface area contributed by atoms with Gasteiger partial charge in [-0.1, -0.05) is 6.92 Å². The third kappa shape index (κ3) is 3.82. The lowest BCUT2D eigenvalue weighted by molar-refractivity contribution is -0.275. The van der Waals surface area contributed by atoms with Crippen molar-refractivity contribution in [2.75, 3.05) is 11.2 Å². The zero-order valence-electron chi connectivity index (χ0n) is 8.47. The molecule has 90 valence electrons. The first-order valence-corrected chi connectivity index (χ1v) is 5.44. The summed E-state index contributed by atoms with van der Waals surface area (Å²) in [7, 11) is 0. The van der Waals surface area contributed by atoms with Crippen LogP contribution in [0.5, 0.6) is 5.75 Å². The van der Waals surface area contributed by atoms with Crippen LogP contribution in [0.2, 0.25) is 0 Å². The quantitative estimate of drug-likeness (QED) is 0.491. The molecule has 0 fully saturated rings. The van der Waals surface area contributed by atoms with Crippen LogP contribution >= 0.6 is 11.8 Å². The van der Waals surface area contributed by atoms with Crippen molar-refractivity contribution in [1.29, 1.82) is 0 Å². The van der Waals surface area contributed by atoms with E-state index in [0.29, 0.717) is 16.3 Å². The topological polar surface area (TPSA) is 47.3 Å². The molecule has 0 saturated heterocycles. The van der Waals surface area contributed by atoms with E-state index in [1.807, 2.05) is 6.92 Å². The van der Waals surface area contributed by atoms with Gasteiger partial charge in [-0.05, 0) is 17.9 Å². The fraction of sp³-hybridized carbons (Fsp3) is 0.333. The molecule has 0 bridgehead atoms. The van der Waals surface area contributed by atoms with Gasteiger partial charge in [0.15, 0.2) is 0 Å². The monoisotopic (exact) mass is 252 g/mol. The standard InChI is InChI=1S/C9H11F3N2OS/c1-2-16-8-4-3-6(14-13)5-7(8)15-9(10,11)12/h3-5,14H,2,13H2,1H3. The molecule has 7 heteroatoms. The van der Waals surface area contributed by atoms with Gasteiger partial charge in [-0.25, -0.2) is 0 Å². The lowest BCUT2D eigenvalue weighted by Crippen LogP contribution is -2.18. The van der Waals surface area contributed by atoms with E-state index < -0.39 is 6.36 Å². The van der Waals surface area contributed by atoms with Gasteiger partial charge in [-0.3, -0.25) is 5.84 Å². The maximum Gasteiger partial charge on any atom is 0.573 e. The predicted molar refractivity (Wildman–Crippen MR) is 57.3 cm³/mol. The highest BCUT2D eigenvalue weighted by atomic mass is 32.2. The second-order valence-corrected chi connectivity index (χ2v) is 4.09. The van der Waals surface area contributed by atoms with E-state index in [-0.39, 0.29) is 5.75 Å². The summed E-state index contributed by atoms with van der Waals surface area (Å²) < 4.78 is 40.3. The van der Waals surface area contributed by atoms with Crippen molar-refractivity contribution in [2.45, 2.75) is 18.2 Å². The van der Waals surface area contributed by atoms with E-state index in [1.165, 1.54) is 23.9 Å². The van der Waals surface area contributed by atoms with E-state index in [1.54, 1.807) is 6.07 Å². The van der Waals surface area contributed by atoms with Crippen LogP contribution in [0, 0.1) is 0 Å². The Morgan fingerprint density at radius 1 is 1.44 bits per heavy atom. The number of benzene rings is 1. The third-order valence-corrected chi connectivity index (χ3v) is 2.57. The van der Waals surface area contributed by atoms with Crippen LogP contribution in [0.1, 0.15) is 6.92 Å². The molecule has 0 radical (unpaired) electrons. The van der Waals surface area contributed by atoms with Gasteiger partial charge >= 0.3 is 6.36 Å². The Hall–Kier alpha value is -1.08. The number of rotatable bonds is 4. The molecule has 0 aromatic heterocycles. The van der Waals surface area contributed by atoms with Gasteiger partial charge in [0.2, 0.25) is 0 Å². The summed E-state index contributed by atoms with van der Waals surface area (Å²) in [5.74, 6) is 5.53. The van der Waals surface area contributed by atoms with Crippen LogP contribution in [-0.2, 0) is 0 Å². The number of hydrazine groups is 1. The Morgan fingerprint density at radius 2 is 2.12 bits per heavy atom. The minimum Gasteiger partial charge on any atom is -0.405 e. The Kier molecular flexibility index (Phi) is 4.31. The Morgan fingerprint density at radius 3 is 2.62 bits per heavy atom. The van der Waals surface area contributed by atoms with Crippen LogP contribution in [0.4, 0.5) is 18.9 Å². The molecule has 3 nitrogen and oxygen atoms in total. The lowest BCUT2D eigenvalue weighted by atomic mass is 10.3. The molecule has 0 spiro atoms. The summed E-state index contributed by atoms with van der Waals surface area (Å²) >= 11 is 1.27. The van der Waals surface area contributed by atoms with E-state index in [2.05, 4.69) is 10.2 Å². The highest BCUT2D eigenvalue weighted by molar-refractivity contribution is 7.99. The van der Waals surface area contributed by atoms with E-state index >= 15 is 0 Å². The fourth-order valence-corrected chi connectivity index (χ4v) is 1.80. The molecule has 1 rings (SSSR count). The van der Waals surface area contributed by atoms with Crippen molar-refractivity contribution in [3.8, 4) is 5.75 Å². The zero-order valence-corrected chi connectivity index (χ0v) is 9.28. The summed E-state index contributed by atoms with van der Waals surface area (Å²) in [6.07, 6.45) is -4.70. The lowest BCUT2D eigenvalue weighted by Gasteiger charge is -2.13. The number of nitrogens with two attached hydrogens (primary N) is 1. The minimum atomic E-state index is -4.70. The van der Waals surface area contributed by atoms with E-state index in [0.717, 1.165) is 0 Å². The van der Waals surface area contributed by atoms with Gasteiger partial charge in [-0.15, -0.1) is 24.9 Å². The molecule has 0 saturated carbocycles. The molecule has 3 N–H and O–H groups in total. The molecule has 16 heavy (non-hydrogen) atoms. The first kappa shape index (κ1) is 13.0. The number of thioether (sulfide) groups is 1. The van der Waals surface area contributed by atoms with Gasteiger partial charge < -0.3 is 10.2 Å². The second kappa shape index (κ2) is 5.31. The van der Waals surface area contributed by atoms with Crippen LogP contribution in [-0.4, -0.2) is 12.1 Å². The number of alkyl halides is 3. The number of ether oxygens (including phenoxy) is 1. The maximum absolute atomic E-state index is 12.1. The highest BCUT2D eigenvalue weighted by Gasteiger charge is 2.32. The molecule has 0 amide bonds. The van der Waals surface area contributed by atoms with Gasteiger partial charge in [0.1, 0.15) is 5.75 Å². The molecule has 0 aliphatic rings. The molecule has 1 aromatic rings. The van der Waals surface area contributed by atoms with Crippen molar-refractivity contribution in [1.82, 2.24) is 0 Å². The summed E-state index contributed by atoms with van der Waals surface area (Å²) in [5, 5.41) is 0. The maximum atomic E-state index is 12.1. The normalized spacial score (nSPS) is 11.3. The number of halogens is 3. The summed E-state index contributed by atoms with van der Waals surface area (Å²) in [6.45, 7) is 1.84. The average Bonchev–Trinajstić information content (AvgIpc) is 2.18. The number of nitrogens with one attached hydrogen (secondary N) is 1. The van der Waals surface area contributed by atoms with Crippen molar-refractivity contribution < 1.29 is 17.9 Å². The van der Waals surface area contributed by atoms with Crippen molar-refractivity contribution in [3.63, 3.8) is 0 Å². The predicted octanol–water partition coefficient (Wildman–Crippen LogP) is 2.98. The number of anilines is 1. The van der Waals surface area contributed by atoms with Crippen LogP contribution in [0.25, 0.3) is 0 Å². The molecule has 0 atom stereocenters. The SMILES string of the molecule is CCSc1ccc(NN)cc1OC(F)(F)F. The largest absolute Gasteiger partial charge is 0.573 e. The zero-order chi connectivity index (χ0) is 12.2. The number of hydrogen-bond donors (Lipinski definition) is 2. The molecular weight excluding hydrogens is 241 g/mol. The average molecular weight is 252 g/mol. The van der Waals surface area contributed by atoms with Crippen molar-refractivity contribution >= 4 is 17.4 Å². The van der Waals surface area contributed by atoms with Crippen molar-refractivity contribution in [3.05, 3.63) is 18.2 Å². The summed E-state index contributed by atoms with van der Waals surface area (Å²) in [5.41, 5.74) is 2.63. The number of nitrogen functional groups attached to an aromatic ring is 1. The van der Waals surface area contributed by atoms with Gasteiger partial charge in [0.05, 0.1) is 5.69 Å². The second-order valence-electron chi connectivity index (χ2n) is 2.79. The van der Waals surface area contributed by atoms with E-state index in [4.69, 9.17) is 5.84 Å². The molecule has 0 unspecified atom stereocenters. The Balaban J connectivity index is 3.00. The highest BCUT2D eigenvalue weighted by Crippen LogP contribution is 2.35.